The largest absolute Gasteiger partial charge is 0.486 e. The first-order valence-corrected chi connectivity index (χ1v) is 14.6. The molecular weight excluding hydrogens is 550 g/mol. The van der Waals surface area contributed by atoms with Crippen LogP contribution in [0.3, 0.4) is 0 Å². The summed E-state index contributed by atoms with van der Waals surface area (Å²) in [5, 5.41) is 5.52. The average molecular weight is 579 g/mol. The van der Waals surface area contributed by atoms with Crippen LogP contribution >= 0.6 is 27.3 Å². The zero-order valence-corrected chi connectivity index (χ0v) is 22.8. The molecule has 2 N–H and O–H groups in total. The lowest BCUT2D eigenvalue weighted by atomic mass is 9.92. The van der Waals surface area contributed by atoms with Gasteiger partial charge in [0.2, 0.25) is 10.0 Å². The van der Waals surface area contributed by atoms with E-state index in [2.05, 4.69) is 37.0 Å². The van der Waals surface area contributed by atoms with Crippen molar-refractivity contribution >= 4 is 43.2 Å². The second-order valence-electron chi connectivity index (χ2n) is 8.84. The summed E-state index contributed by atoms with van der Waals surface area (Å²) >= 11 is 4.71. The molecular formula is C25H28BrN3O4S2. The van der Waals surface area contributed by atoms with E-state index in [0.29, 0.717) is 38.0 Å². The van der Waals surface area contributed by atoms with Gasteiger partial charge in [-0.3, -0.25) is 4.79 Å². The Labute approximate surface area is 218 Å². The number of sulfonamides is 1. The molecule has 0 spiro atoms. The number of ether oxygens (including phenoxy) is 1. The molecule has 186 valence electrons. The van der Waals surface area contributed by atoms with Crippen molar-refractivity contribution in [3.05, 3.63) is 74.1 Å². The molecule has 1 aliphatic carbocycles. The molecule has 1 heterocycles. The summed E-state index contributed by atoms with van der Waals surface area (Å²) in [5.41, 5.74) is 2.65. The third-order valence-electron chi connectivity index (χ3n) is 5.85. The van der Waals surface area contributed by atoms with Crippen LogP contribution in [0.25, 0.3) is 0 Å². The summed E-state index contributed by atoms with van der Waals surface area (Å²) < 4.78 is 34.7. The van der Waals surface area contributed by atoms with Crippen molar-refractivity contribution in [2.75, 3.05) is 0 Å². The Bertz CT molecular complexity index is 1260. The molecule has 4 rings (SSSR count). The van der Waals surface area contributed by atoms with Crippen molar-refractivity contribution in [1.82, 2.24) is 15.0 Å². The number of nitrogens with zero attached hydrogens (tertiary/aromatic N) is 1. The Hall–Kier alpha value is -2.27. The molecule has 0 aliphatic heterocycles. The second kappa shape index (κ2) is 11.2. The van der Waals surface area contributed by atoms with Crippen LogP contribution in [0.15, 0.2) is 57.2 Å². The Morgan fingerprint density at radius 1 is 1.06 bits per heavy atom. The summed E-state index contributed by atoms with van der Waals surface area (Å²) in [6, 6.07) is 12.5. The number of hydrogen-bond acceptors (Lipinski definition) is 6. The zero-order valence-electron chi connectivity index (χ0n) is 19.6. The summed E-state index contributed by atoms with van der Waals surface area (Å²) in [6.07, 6.45) is 2.72. The van der Waals surface area contributed by atoms with Crippen molar-refractivity contribution in [2.24, 2.45) is 0 Å². The normalized spacial score (nSPS) is 18.3. The van der Waals surface area contributed by atoms with Gasteiger partial charge >= 0.3 is 0 Å². The van der Waals surface area contributed by atoms with Crippen LogP contribution in [0.2, 0.25) is 0 Å². The number of carbonyl (C=O) groups is 1. The minimum atomic E-state index is -3.57. The van der Waals surface area contributed by atoms with Gasteiger partial charge in [-0.1, -0.05) is 22.0 Å². The third kappa shape index (κ3) is 7.13. The number of amides is 1. The minimum absolute atomic E-state index is 0.00685. The van der Waals surface area contributed by atoms with Gasteiger partial charge in [0.15, 0.2) is 0 Å². The van der Waals surface area contributed by atoms with Crippen LogP contribution in [0, 0.1) is 13.8 Å². The number of halogens is 1. The number of nitrogens with one attached hydrogen (secondary N) is 2. The highest BCUT2D eigenvalue weighted by Gasteiger charge is 2.27. The Balaban J connectivity index is 1.24. The van der Waals surface area contributed by atoms with E-state index in [-0.39, 0.29) is 22.9 Å². The molecule has 0 atom stereocenters. The van der Waals surface area contributed by atoms with Gasteiger partial charge in [-0.25, -0.2) is 18.1 Å². The van der Waals surface area contributed by atoms with Gasteiger partial charge < -0.3 is 10.1 Å². The molecule has 2 aromatic carbocycles. The van der Waals surface area contributed by atoms with E-state index in [1.165, 1.54) is 11.3 Å². The molecule has 0 bridgehead atoms. The Morgan fingerprint density at radius 2 is 1.69 bits per heavy atom. The molecule has 1 amide bonds. The summed E-state index contributed by atoms with van der Waals surface area (Å²) in [7, 11) is -3.57. The maximum absolute atomic E-state index is 12.7. The zero-order chi connectivity index (χ0) is 25.0. The summed E-state index contributed by atoms with van der Waals surface area (Å²) in [5.74, 6) is 0.578. The standard InChI is InChI=1S/C25H28BrN3O4S2/c1-16-11-17(2)13-21(12-16)33-14-24-28-23(15-34-24)25(30)27-19-5-7-20(8-6-19)29-35(31,32)22-9-3-18(26)4-10-22/h3-4,9-13,15,19-20,29H,5-8,14H2,1-2H3,(H,27,30). The monoisotopic (exact) mass is 577 g/mol. The highest BCUT2D eigenvalue weighted by molar-refractivity contribution is 9.10. The van der Waals surface area contributed by atoms with Crippen LogP contribution in [-0.2, 0) is 16.6 Å². The molecule has 0 unspecified atom stereocenters. The number of hydrogen-bond donors (Lipinski definition) is 2. The quantitative estimate of drug-likeness (QED) is 0.387. The first kappa shape index (κ1) is 25.8. The molecule has 10 heteroatoms. The summed E-state index contributed by atoms with van der Waals surface area (Å²) in [4.78, 5) is 17.4. The molecule has 0 saturated heterocycles. The van der Waals surface area contributed by atoms with Crippen LogP contribution in [-0.4, -0.2) is 31.4 Å². The van der Waals surface area contributed by atoms with Gasteiger partial charge in [-0.2, -0.15) is 0 Å². The Kier molecular flexibility index (Phi) is 8.26. The topological polar surface area (TPSA) is 97.4 Å². The van der Waals surface area contributed by atoms with Crippen molar-refractivity contribution < 1.29 is 17.9 Å². The first-order chi connectivity index (χ1) is 16.7. The number of thiazole rings is 1. The van der Waals surface area contributed by atoms with Crippen molar-refractivity contribution in [3.8, 4) is 5.75 Å². The van der Waals surface area contributed by atoms with Crippen molar-refractivity contribution in [3.63, 3.8) is 0 Å². The predicted octanol–water partition coefficient (Wildman–Crippen LogP) is 5.12. The fourth-order valence-corrected chi connectivity index (χ4v) is 6.41. The smallest absolute Gasteiger partial charge is 0.270 e. The molecule has 7 nitrogen and oxygen atoms in total. The van der Waals surface area contributed by atoms with Gasteiger partial charge in [0.05, 0.1) is 4.90 Å². The van der Waals surface area contributed by atoms with Crippen molar-refractivity contribution in [1.29, 1.82) is 0 Å². The number of aryl methyl sites for hydroxylation is 2. The molecule has 0 radical (unpaired) electrons. The molecule has 3 aromatic rings. The van der Waals surface area contributed by atoms with Gasteiger partial charge in [0.1, 0.15) is 23.1 Å². The number of aromatic nitrogens is 1. The van der Waals surface area contributed by atoms with Crippen LogP contribution in [0.5, 0.6) is 5.75 Å². The number of carbonyl (C=O) groups excluding carboxylic acids is 1. The van der Waals surface area contributed by atoms with E-state index in [1.807, 2.05) is 26.0 Å². The SMILES string of the molecule is Cc1cc(C)cc(OCc2nc(C(=O)NC3CCC(NS(=O)(=O)c4ccc(Br)cc4)CC3)cs2)c1. The highest BCUT2D eigenvalue weighted by Crippen LogP contribution is 2.23. The van der Waals surface area contributed by atoms with E-state index in [9.17, 15) is 13.2 Å². The molecule has 1 aromatic heterocycles. The first-order valence-electron chi connectivity index (χ1n) is 11.4. The van der Waals surface area contributed by atoms with Crippen LogP contribution in [0.4, 0.5) is 0 Å². The lowest BCUT2D eigenvalue weighted by Crippen LogP contribution is -2.43. The third-order valence-corrected chi connectivity index (χ3v) is 8.74. The van der Waals surface area contributed by atoms with E-state index < -0.39 is 10.0 Å². The van der Waals surface area contributed by atoms with Gasteiger partial charge in [-0.15, -0.1) is 11.3 Å². The van der Waals surface area contributed by atoms with E-state index >= 15 is 0 Å². The summed E-state index contributed by atoms with van der Waals surface area (Å²) in [6.45, 7) is 4.36. The van der Waals surface area contributed by atoms with Crippen LogP contribution < -0.4 is 14.8 Å². The van der Waals surface area contributed by atoms with Crippen LogP contribution in [0.1, 0.15) is 52.3 Å². The fraction of sp³-hybridized carbons (Fsp3) is 0.360. The number of benzene rings is 2. The van der Waals surface area contributed by atoms with E-state index in [1.54, 1.807) is 29.6 Å². The molecule has 1 fully saturated rings. The lowest BCUT2D eigenvalue weighted by molar-refractivity contribution is 0.0920. The molecule has 1 aliphatic rings. The van der Waals surface area contributed by atoms with Gasteiger partial charge in [-0.05, 0) is 87.1 Å². The fourth-order valence-electron chi connectivity index (χ4n) is 4.16. The highest BCUT2D eigenvalue weighted by atomic mass is 79.9. The molecule has 1 saturated carbocycles. The maximum Gasteiger partial charge on any atom is 0.270 e. The minimum Gasteiger partial charge on any atom is -0.486 e. The molecule has 35 heavy (non-hydrogen) atoms. The average Bonchev–Trinajstić information content (AvgIpc) is 3.28. The lowest BCUT2D eigenvalue weighted by Gasteiger charge is -2.29. The van der Waals surface area contributed by atoms with Crippen molar-refractivity contribution in [2.45, 2.75) is 63.1 Å². The predicted molar refractivity (Wildman–Crippen MR) is 140 cm³/mol. The van der Waals surface area contributed by atoms with E-state index in [0.717, 1.165) is 26.4 Å². The number of rotatable bonds is 8. The second-order valence-corrected chi connectivity index (χ2v) is 12.4. The maximum atomic E-state index is 12.7. The van der Waals surface area contributed by atoms with E-state index in [4.69, 9.17) is 4.74 Å². The van der Waals surface area contributed by atoms with Gasteiger partial charge in [0, 0.05) is 21.9 Å². The van der Waals surface area contributed by atoms with Gasteiger partial charge in [0.25, 0.3) is 5.91 Å². The Morgan fingerprint density at radius 3 is 2.34 bits per heavy atom.